The van der Waals surface area contributed by atoms with Crippen molar-refractivity contribution in [2.45, 2.75) is 89.0 Å². The van der Waals surface area contributed by atoms with Crippen LogP contribution in [0.5, 0.6) is 0 Å². The maximum atomic E-state index is 13.1. The van der Waals surface area contributed by atoms with Gasteiger partial charge in [-0.1, -0.05) is 57.5 Å². The van der Waals surface area contributed by atoms with Crippen LogP contribution in [-0.2, 0) is 25.1 Å². The Bertz CT molecular complexity index is 875. The van der Waals surface area contributed by atoms with Crippen LogP contribution in [0.25, 0.3) is 0 Å². The van der Waals surface area contributed by atoms with Crippen molar-refractivity contribution in [1.82, 2.24) is 0 Å². The van der Waals surface area contributed by atoms with Gasteiger partial charge in [-0.2, -0.15) is 21.6 Å². The maximum absolute atomic E-state index is 13.1. The summed E-state index contributed by atoms with van der Waals surface area (Å²) in [5, 5.41) is -0.106. The molecular formula is C23H35F3O4SSi. The molecule has 4 nitrogen and oxygen atoms in total. The molecular weight excluding hydrogens is 457 g/mol. The number of alkyl halides is 3. The summed E-state index contributed by atoms with van der Waals surface area (Å²) in [6, 6.07) is 9.80. The molecule has 2 rings (SSSR count). The summed E-state index contributed by atoms with van der Waals surface area (Å²) in [5.41, 5.74) is -4.37. The second kappa shape index (κ2) is 10.3. The van der Waals surface area contributed by atoms with Gasteiger partial charge in [0.1, 0.15) is 5.76 Å². The highest BCUT2D eigenvalue weighted by molar-refractivity contribution is 7.87. The van der Waals surface area contributed by atoms with Crippen molar-refractivity contribution in [3.05, 3.63) is 47.7 Å². The fourth-order valence-electron chi connectivity index (χ4n) is 3.54. The van der Waals surface area contributed by atoms with E-state index in [0.29, 0.717) is 25.7 Å². The van der Waals surface area contributed by atoms with Crippen molar-refractivity contribution < 1.29 is 30.2 Å². The average Bonchev–Trinajstić information content (AvgIpc) is 2.89. The number of hydrogen-bond acceptors (Lipinski definition) is 4. The van der Waals surface area contributed by atoms with Crippen LogP contribution in [0, 0.1) is 5.92 Å². The van der Waals surface area contributed by atoms with Crippen LogP contribution < -0.4 is 0 Å². The first-order valence-corrected chi connectivity index (χ1v) is 15.4. The van der Waals surface area contributed by atoms with E-state index in [1.54, 1.807) is 0 Å². The molecule has 0 amide bonds. The van der Waals surface area contributed by atoms with Crippen LogP contribution in [-0.4, -0.2) is 28.3 Å². The Labute approximate surface area is 191 Å². The van der Waals surface area contributed by atoms with Gasteiger partial charge in [0, 0.05) is 5.92 Å². The molecule has 9 heteroatoms. The summed E-state index contributed by atoms with van der Waals surface area (Å²) >= 11 is 0. The van der Waals surface area contributed by atoms with E-state index in [9.17, 15) is 21.6 Å². The highest BCUT2D eigenvalue weighted by Gasteiger charge is 2.50. The van der Waals surface area contributed by atoms with E-state index in [1.165, 1.54) is 6.08 Å². The third-order valence-electron chi connectivity index (χ3n) is 6.43. The van der Waals surface area contributed by atoms with Gasteiger partial charge in [-0.3, -0.25) is 0 Å². The molecule has 1 aliphatic carbocycles. The molecule has 0 radical (unpaired) electrons. The molecule has 182 valence electrons. The molecule has 0 N–H and O–H groups in total. The van der Waals surface area contributed by atoms with E-state index >= 15 is 0 Å². The molecule has 0 heterocycles. The first-order valence-electron chi connectivity index (χ1n) is 11.1. The van der Waals surface area contributed by atoms with Gasteiger partial charge in [0.25, 0.3) is 0 Å². The first-order chi connectivity index (χ1) is 14.6. The standard InChI is InChI=1S/C23H35F3O4SSi/c1-22(2,3)32(4,5)30-21(17-16-18-12-8-6-9-13-18)19-14-10-7-11-15-20(19)29-31(27,28)23(24,25)26/h6,8-9,12-13,15,19,21H,7,10-11,14,16-17H2,1-5H3/t19-,21+/m1/s1. The van der Waals surface area contributed by atoms with Crippen LogP contribution in [0.2, 0.25) is 18.1 Å². The Morgan fingerprint density at radius 1 is 1.09 bits per heavy atom. The lowest BCUT2D eigenvalue weighted by molar-refractivity contribution is -0.0533. The van der Waals surface area contributed by atoms with Crippen molar-refractivity contribution in [3.63, 3.8) is 0 Å². The first kappa shape index (κ1) is 26.9. The van der Waals surface area contributed by atoms with Gasteiger partial charge in [0.15, 0.2) is 8.32 Å². The van der Waals surface area contributed by atoms with Crippen molar-refractivity contribution in [2.24, 2.45) is 5.92 Å². The Morgan fingerprint density at radius 2 is 1.72 bits per heavy atom. The third-order valence-corrected chi connectivity index (χ3v) is 11.9. The topological polar surface area (TPSA) is 52.6 Å². The number of aryl methyl sites for hydroxylation is 1. The minimum Gasteiger partial charge on any atom is -0.413 e. The SMILES string of the molecule is CC(C)(C)[Si](C)(C)O[C@@H](CCc1ccccc1)[C@@H]1CCCCC=C1OS(=O)(=O)C(F)(F)F. The van der Waals surface area contributed by atoms with E-state index in [0.717, 1.165) is 18.4 Å². The normalized spacial score (nSPS) is 19.8. The monoisotopic (exact) mass is 492 g/mol. The molecule has 0 saturated carbocycles. The summed E-state index contributed by atoms with van der Waals surface area (Å²) < 4.78 is 74.2. The summed E-state index contributed by atoms with van der Waals surface area (Å²) in [7, 11) is -8.02. The van der Waals surface area contributed by atoms with Crippen LogP contribution in [0.3, 0.4) is 0 Å². The summed E-state index contributed by atoms with van der Waals surface area (Å²) in [5.74, 6) is -0.677. The fourth-order valence-corrected chi connectivity index (χ4v) is 5.47. The quantitative estimate of drug-likeness (QED) is 0.224. The van der Waals surface area contributed by atoms with Crippen LogP contribution in [0.1, 0.15) is 58.4 Å². The lowest BCUT2D eigenvalue weighted by Gasteiger charge is -2.41. The molecule has 2 atom stereocenters. The second-order valence-electron chi connectivity index (χ2n) is 9.92. The molecule has 1 aromatic carbocycles. The Balaban J connectivity index is 2.38. The van der Waals surface area contributed by atoms with Gasteiger partial charge in [-0.25, -0.2) is 0 Å². The average molecular weight is 493 g/mol. The minimum atomic E-state index is -5.73. The van der Waals surface area contributed by atoms with Gasteiger partial charge < -0.3 is 8.61 Å². The fraction of sp³-hybridized carbons (Fsp3) is 0.652. The zero-order valence-electron chi connectivity index (χ0n) is 19.5. The predicted molar refractivity (Wildman–Crippen MR) is 123 cm³/mol. The largest absolute Gasteiger partial charge is 0.534 e. The molecule has 0 unspecified atom stereocenters. The number of benzene rings is 1. The smallest absolute Gasteiger partial charge is 0.413 e. The molecule has 0 aliphatic heterocycles. The summed E-state index contributed by atoms with van der Waals surface area (Å²) in [4.78, 5) is 0. The second-order valence-corrected chi connectivity index (χ2v) is 16.2. The van der Waals surface area contributed by atoms with Gasteiger partial charge in [-0.15, -0.1) is 0 Å². The van der Waals surface area contributed by atoms with Crippen molar-refractivity contribution >= 4 is 18.4 Å². The van der Waals surface area contributed by atoms with Gasteiger partial charge in [0.05, 0.1) is 6.10 Å². The van der Waals surface area contributed by atoms with Gasteiger partial charge in [0.2, 0.25) is 0 Å². The van der Waals surface area contributed by atoms with Crippen molar-refractivity contribution in [3.8, 4) is 0 Å². The highest BCUT2D eigenvalue weighted by Crippen LogP contribution is 2.42. The van der Waals surface area contributed by atoms with Gasteiger partial charge in [-0.05, 0) is 61.9 Å². The lowest BCUT2D eigenvalue weighted by atomic mass is 9.91. The zero-order valence-corrected chi connectivity index (χ0v) is 21.4. The molecule has 0 fully saturated rings. The zero-order chi connectivity index (χ0) is 24.2. The van der Waals surface area contributed by atoms with Crippen LogP contribution in [0.4, 0.5) is 13.2 Å². The predicted octanol–water partition coefficient (Wildman–Crippen LogP) is 6.95. The Hall–Kier alpha value is -1.32. The minimum absolute atomic E-state index is 0.106. The van der Waals surface area contributed by atoms with Gasteiger partial charge >= 0.3 is 15.6 Å². The molecule has 1 aromatic rings. The molecule has 0 spiro atoms. The summed E-state index contributed by atoms with van der Waals surface area (Å²) in [6.45, 7) is 10.5. The highest BCUT2D eigenvalue weighted by atomic mass is 32.2. The van der Waals surface area contributed by atoms with E-state index in [1.807, 2.05) is 30.3 Å². The number of allylic oxidation sites excluding steroid dienone is 1. The Morgan fingerprint density at radius 3 is 2.28 bits per heavy atom. The van der Waals surface area contributed by atoms with Crippen LogP contribution in [0.15, 0.2) is 42.2 Å². The van der Waals surface area contributed by atoms with E-state index in [-0.39, 0.29) is 10.8 Å². The Kier molecular flexibility index (Phi) is 8.67. The molecule has 1 aliphatic rings. The van der Waals surface area contributed by atoms with E-state index < -0.39 is 36.0 Å². The van der Waals surface area contributed by atoms with E-state index in [2.05, 4.69) is 33.9 Å². The molecule has 0 bridgehead atoms. The van der Waals surface area contributed by atoms with Crippen molar-refractivity contribution in [2.75, 3.05) is 0 Å². The summed E-state index contributed by atoms with van der Waals surface area (Å²) in [6.07, 6.45) is 4.83. The maximum Gasteiger partial charge on any atom is 0.534 e. The van der Waals surface area contributed by atoms with E-state index in [4.69, 9.17) is 8.61 Å². The molecule has 0 aromatic heterocycles. The van der Waals surface area contributed by atoms with Crippen LogP contribution >= 0.6 is 0 Å². The third kappa shape index (κ3) is 7.09. The van der Waals surface area contributed by atoms with Crippen molar-refractivity contribution in [1.29, 1.82) is 0 Å². The number of rotatable bonds is 8. The number of hydrogen-bond donors (Lipinski definition) is 0. The molecule has 32 heavy (non-hydrogen) atoms. The molecule has 0 saturated heterocycles. The number of halogens is 3. The lowest BCUT2D eigenvalue weighted by Crippen LogP contribution is -2.46.